The standard InChI is InChI=1S/C24H26O2/c1-4-5-7-21-15-24(26)17(3)13-22(21)20-9-6-8-18(14-20)19-10-11-23(25)16(2)12-19/h6,8-15,25-26H,4-5,7H2,1-3H3. The molecule has 2 nitrogen and oxygen atoms in total. The van der Waals surface area contributed by atoms with E-state index in [1.807, 2.05) is 32.0 Å². The van der Waals surface area contributed by atoms with Gasteiger partial charge in [-0.1, -0.05) is 37.6 Å². The maximum absolute atomic E-state index is 10.1. The lowest BCUT2D eigenvalue weighted by molar-refractivity contribution is 0.470. The molecule has 0 amide bonds. The van der Waals surface area contributed by atoms with Crippen molar-refractivity contribution in [3.8, 4) is 33.8 Å². The van der Waals surface area contributed by atoms with Crippen molar-refractivity contribution in [1.82, 2.24) is 0 Å². The van der Waals surface area contributed by atoms with Crippen LogP contribution in [-0.4, -0.2) is 10.2 Å². The molecule has 0 aliphatic heterocycles. The quantitative estimate of drug-likeness (QED) is 0.562. The zero-order valence-electron chi connectivity index (χ0n) is 15.7. The molecule has 3 rings (SSSR count). The fourth-order valence-electron chi connectivity index (χ4n) is 3.28. The van der Waals surface area contributed by atoms with Gasteiger partial charge in [-0.25, -0.2) is 0 Å². The van der Waals surface area contributed by atoms with Gasteiger partial charge < -0.3 is 10.2 Å². The van der Waals surface area contributed by atoms with Crippen LogP contribution in [-0.2, 0) is 6.42 Å². The van der Waals surface area contributed by atoms with Gasteiger partial charge in [-0.15, -0.1) is 0 Å². The number of rotatable bonds is 5. The van der Waals surface area contributed by atoms with Crippen LogP contribution in [0.4, 0.5) is 0 Å². The smallest absolute Gasteiger partial charge is 0.118 e. The highest BCUT2D eigenvalue weighted by atomic mass is 16.3. The molecule has 2 N–H and O–H groups in total. The number of benzene rings is 3. The van der Waals surface area contributed by atoms with E-state index in [4.69, 9.17) is 0 Å². The fraction of sp³-hybridized carbons (Fsp3) is 0.250. The Morgan fingerprint density at radius 2 is 1.42 bits per heavy atom. The Morgan fingerprint density at radius 1 is 0.731 bits per heavy atom. The van der Waals surface area contributed by atoms with Gasteiger partial charge in [0.25, 0.3) is 0 Å². The Kier molecular flexibility index (Phi) is 5.32. The van der Waals surface area contributed by atoms with Gasteiger partial charge in [-0.05, 0) is 96.0 Å². The lowest BCUT2D eigenvalue weighted by Gasteiger charge is -2.14. The molecule has 3 aromatic carbocycles. The van der Waals surface area contributed by atoms with Crippen molar-refractivity contribution in [2.45, 2.75) is 40.0 Å². The first-order valence-electron chi connectivity index (χ1n) is 9.22. The summed E-state index contributed by atoms with van der Waals surface area (Å²) in [5.74, 6) is 0.686. The number of unbranched alkanes of at least 4 members (excludes halogenated alkanes) is 1. The van der Waals surface area contributed by atoms with Crippen molar-refractivity contribution in [3.63, 3.8) is 0 Å². The number of hydrogen-bond donors (Lipinski definition) is 2. The zero-order chi connectivity index (χ0) is 18.7. The molecular formula is C24H26O2. The van der Waals surface area contributed by atoms with Gasteiger partial charge in [-0.3, -0.25) is 0 Å². The van der Waals surface area contributed by atoms with E-state index in [0.717, 1.165) is 47.1 Å². The molecule has 0 fully saturated rings. The zero-order valence-corrected chi connectivity index (χ0v) is 15.7. The lowest BCUT2D eigenvalue weighted by Crippen LogP contribution is -1.93. The monoisotopic (exact) mass is 346 g/mol. The third kappa shape index (κ3) is 3.75. The SMILES string of the molecule is CCCCc1cc(O)c(C)cc1-c1cccc(-c2ccc(O)c(C)c2)c1. The molecule has 134 valence electrons. The van der Waals surface area contributed by atoms with Crippen molar-refractivity contribution in [2.24, 2.45) is 0 Å². The molecule has 2 heteroatoms. The number of aromatic hydroxyl groups is 2. The van der Waals surface area contributed by atoms with Crippen molar-refractivity contribution in [3.05, 3.63) is 71.3 Å². The van der Waals surface area contributed by atoms with Crippen LogP contribution in [0.15, 0.2) is 54.6 Å². The molecule has 0 saturated heterocycles. The molecule has 0 radical (unpaired) electrons. The minimum absolute atomic E-state index is 0.320. The average Bonchev–Trinajstić information content (AvgIpc) is 2.64. The van der Waals surface area contributed by atoms with Gasteiger partial charge in [-0.2, -0.15) is 0 Å². The molecule has 3 aromatic rings. The summed E-state index contributed by atoms with van der Waals surface area (Å²) in [5, 5.41) is 19.9. The molecule has 0 atom stereocenters. The van der Waals surface area contributed by atoms with Crippen molar-refractivity contribution in [2.75, 3.05) is 0 Å². The summed E-state index contributed by atoms with van der Waals surface area (Å²) >= 11 is 0. The number of aryl methyl sites for hydroxylation is 3. The molecule has 0 heterocycles. The van der Waals surface area contributed by atoms with Crippen LogP contribution in [0.3, 0.4) is 0 Å². The number of phenolic OH excluding ortho intramolecular Hbond substituents is 2. The van der Waals surface area contributed by atoms with E-state index in [2.05, 4.69) is 37.3 Å². The normalized spacial score (nSPS) is 10.9. The molecular weight excluding hydrogens is 320 g/mol. The highest BCUT2D eigenvalue weighted by Gasteiger charge is 2.10. The molecule has 0 saturated carbocycles. The highest BCUT2D eigenvalue weighted by Crippen LogP contribution is 2.34. The van der Waals surface area contributed by atoms with Crippen LogP contribution in [0, 0.1) is 13.8 Å². The Balaban J connectivity index is 2.07. The summed E-state index contributed by atoms with van der Waals surface area (Å²) in [6, 6.07) is 18.2. The minimum atomic E-state index is 0.320. The summed E-state index contributed by atoms with van der Waals surface area (Å²) in [5.41, 5.74) is 7.51. The second-order valence-corrected chi connectivity index (χ2v) is 6.98. The third-order valence-electron chi connectivity index (χ3n) is 4.93. The largest absolute Gasteiger partial charge is 0.508 e. The summed E-state index contributed by atoms with van der Waals surface area (Å²) in [7, 11) is 0. The molecule has 0 aromatic heterocycles. The van der Waals surface area contributed by atoms with E-state index in [9.17, 15) is 10.2 Å². The van der Waals surface area contributed by atoms with Crippen LogP contribution in [0.25, 0.3) is 22.3 Å². The Bertz CT molecular complexity index is 925. The molecule has 0 aliphatic carbocycles. The van der Waals surface area contributed by atoms with Gasteiger partial charge in [0.15, 0.2) is 0 Å². The maximum atomic E-state index is 10.1. The van der Waals surface area contributed by atoms with Crippen LogP contribution in [0.1, 0.15) is 36.5 Å². The summed E-state index contributed by atoms with van der Waals surface area (Å²) in [4.78, 5) is 0. The second-order valence-electron chi connectivity index (χ2n) is 6.98. The predicted octanol–water partition coefficient (Wildman–Crippen LogP) is 6.39. The highest BCUT2D eigenvalue weighted by molar-refractivity contribution is 5.76. The van der Waals surface area contributed by atoms with Crippen molar-refractivity contribution >= 4 is 0 Å². The molecule has 0 bridgehead atoms. The van der Waals surface area contributed by atoms with E-state index in [-0.39, 0.29) is 0 Å². The number of phenols is 2. The summed E-state index contributed by atoms with van der Waals surface area (Å²) < 4.78 is 0. The Morgan fingerprint density at radius 3 is 2.15 bits per heavy atom. The van der Waals surface area contributed by atoms with Gasteiger partial charge in [0, 0.05) is 0 Å². The van der Waals surface area contributed by atoms with Crippen LogP contribution in [0.5, 0.6) is 11.5 Å². The van der Waals surface area contributed by atoms with E-state index < -0.39 is 0 Å². The Labute approximate surface area is 155 Å². The summed E-state index contributed by atoms with van der Waals surface area (Å²) in [6.45, 7) is 6.03. The third-order valence-corrected chi connectivity index (χ3v) is 4.93. The van der Waals surface area contributed by atoms with E-state index in [1.165, 1.54) is 11.1 Å². The first kappa shape index (κ1) is 18.1. The topological polar surface area (TPSA) is 40.5 Å². The van der Waals surface area contributed by atoms with Crippen LogP contribution >= 0.6 is 0 Å². The van der Waals surface area contributed by atoms with Crippen LogP contribution < -0.4 is 0 Å². The van der Waals surface area contributed by atoms with Gasteiger partial charge >= 0.3 is 0 Å². The average molecular weight is 346 g/mol. The van der Waals surface area contributed by atoms with E-state index in [1.54, 1.807) is 6.07 Å². The van der Waals surface area contributed by atoms with Gasteiger partial charge in [0.1, 0.15) is 11.5 Å². The molecule has 0 unspecified atom stereocenters. The van der Waals surface area contributed by atoms with Crippen molar-refractivity contribution < 1.29 is 10.2 Å². The van der Waals surface area contributed by atoms with Gasteiger partial charge in [0.2, 0.25) is 0 Å². The first-order chi connectivity index (χ1) is 12.5. The minimum Gasteiger partial charge on any atom is -0.508 e. The van der Waals surface area contributed by atoms with E-state index >= 15 is 0 Å². The van der Waals surface area contributed by atoms with E-state index in [0.29, 0.717) is 11.5 Å². The predicted molar refractivity (Wildman–Crippen MR) is 109 cm³/mol. The molecule has 0 aliphatic rings. The summed E-state index contributed by atoms with van der Waals surface area (Å²) in [6.07, 6.45) is 3.19. The van der Waals surface area contributed by atoms with Gasteiger partial charge in [0.05, 0.1) is 0 Å². The number of hydrogen-bond acceptors (Lipinski definition) is 2. The fourth-order valence-corrected chi connectivity index (χ4v) is 3.28. The molecule has 26 heavy (non-hydrogen) atoms. The maximum Gasteiger partial charge on any atom is 0.118 e. The first-order valence-corrected chi connectivity index (χ1v) is 9.22. The second kappa shape index (κ2) is 7.65. The molecule has 0 spiro atoms. The van der Waals surface area contributed by atoms with Crippen LogP contribution in [0.2, 0.25) is 0 Å². The lowest BCUT2D eigenvalue weighted by atomic mass is 9.92. The Hall–Kier alpha value is -2.74. The van der Waals surface area contributed by atoms with Crippen molar-refractivity contribution in [1.29, 1.82) is 0 Å².